The summed E-state index contributed by atoms with van der Waals surface area (Å²) in [4.78, 5) is 0. The van der Waals surface area contributed by atoms with E-state index in [0.717, 1.165) is 18.5 Å². The predicted molar refractivity (Wildman–Crippen MR) is 81.3 cm³/mol. The summed E-state index contributed by atoms with van der Waals surface area (Å²) in [6.07, 6.45) is 2.69. The maximum Gasteiger partial charge on any atom is 0.170 e. The van der Waals surface area contributed by atoms with Crippen LogP contribution in [0.5, 0.6) is 0 Å². The second-order valence-corrected chi connectivity index (χ2v) is 4.57. The first-order valence-corrected chi connectivity index (χ1v) is 6.72. The number of hydrogen-bond acceptors (Lipinski definition) is 4. The normalized spacial score (nSPS) is 11.6. The molecule has 5 nitrogen and oxygen atoms in total. The van der Waals surface area contributed by atoms with Gasteiger partial charge in [-0.05, 0) is 18.1 Å². The molecule has 0 atom stereocenters. The first-order chi connectivity index (χ1) is 9.69. The Morgan fingerprint density at radius 2 is 2.30 bits per heavy atom. The number of rotatable bonds is 9. The zero-order chi connectivity index (χ0) is 14.8. The van der Waals surface area contributed by atoms with Gasteiger partial charge in [-0.25, -0.2) is 0 Å². The second kappa shape index (κ2) is 9.36. The molecule has 20 heavy (non-hydrogen) atoms. The van der Waals surface area contributed by atoms with E-state index in [1.807, 2.05) is 12.1 Å². The zero-order valence-electron chi connectivity index (χ0n) is 11.3. The van der Waals surface area contributed by atoms with Gasteiger partial charge in [-0.3, -0.25) is 0 Å². The maximum atomic E-state index is 8.60. The van der Waals surface area contributed by atoms with E-state index < -0.39 is 0 Å². The summed E-state index contributed by atoms with van der Waals surface area (Å²) in [6.45, 7) is 6.35. The highest BCUT2D eigenvalue weighted by atomic mass is 35.5. The number of halogens is 1. The van der Waals surface area contributed by atoms with Gasteiger partial charge in [-0.1, -0.05) is 35.0 Å². The lowest BCUT2D eigenvalue weighted by molar-refractivity contribution is 0.140. The first kappa shape index (κ1) is 16.5. The van der Waals surface area contributed by atoms with E-state index in [0.29, 0.717) is 30.3 Å². The quantitative estimate of drug-likeness (QED) is 0.163. The summed E-state index contributed by atoms with van der Waals surface area (Å²) in [7, 11) is 0. The standard InChI is InChI=1S/C14H20ClN3O2/c1-2-3-7-20-8-6-17-10-12-5-4-11(9-13(12)15)14(16)18-19/h2,4-5,9,17,19H,1,3,6-8,10H2,(H2,16,18). The van der Waals surface area contributed by atoms with Crippen LogP contribution in [0.25, 0.3) is 0 Å². The van der Waals surface area contributed by atoms with Crippen LogP contribution >= 0.6 is 11.6 Å². The monoisotopic (exact) mass is 297 g/mol. The Bertz CT molecular complexity index is 464. The van der Waals surface area contributed by atoms with Gasteiger partial charge in [-0.15, -0.1) is 6.58 Å². The van der Waals surface area contributed by atoms with Gasteiger partial charge in [0.05, 0.1) is 13.2 Å². The number of ether oxygens (including phenoxy) is 1. The van der Waals surface area contributed by atoms with Crippen molar-refractivity contribution in [2.24, 2.45) is 10.9 Å². The fourth-order valence-corrected chi connectivity index (χ4v) is 1.79. The molecule has 1 aromatic rings. The first-order valence-electron chi connectivity index (χ1n) is 6.34. The van der Waals surface area contributed by atoms with Crippen molar-refractivity contribution in [3.63, 3.8) is 0 Å². The number of hydrogen-bond donors (Lipinski definition) is 3. The van der Waals surface area contributed by atoms with Gasteiger partial charge >= 0.3 is 0 Å². The molecule has 0 saturated heterocycles. The summed E-state index contributed by atoms with van der Waals surface area (Å²) < 4.78 is 5.38. The van der Waals surface area contributed by atoms with Gasteiger partial charge in [0.1, 0.15) is 0 Å². The van der Waals surface area contributed by atoms with Crippen LogP contribution in [0.4, 0.5) is 0 Å². The topological polar surface area (TPSA) is 79.9 Å². The highest BCUT2D eigenvalue weighted by Gasteiger charge is 2.04. The molecule has 6 heteroatoms. The summed E-state index contributed by atoms with van der Waals surface area (Å²) in [5.74, 6) is 0.0435. The lowest BCUT2D eigenvalue weighted by Crippen LogP contribution is -2.20. The second-order valence-electron chi connectivity index (χ2n) is 4.16. The van der Waals surface area contributed by atoms with Crippen LogP contribution in [0.1, 0.15) is 17.5 Å². The van der Waals surface area contributed by atoms with Crippen LogP contribution in [-0.4, -0.2) is 30.8 Å². The summed E-state index contributed by atoms with van der Waals surface area (Å²) >= 11 is 6.14. The molecule has 0 radical (unpaired) electrons. The average Bonchev–Trinajstić information content (AvgIpc) is 2.46. The predicted octanol–water partition coefficient (Wildman–Crippen LogP) is 2.12. The van der Waals surface area contributed by atoms with Crippen molar-refractivity contribution in [3.05, 3.63) is 47.0 Å². The fourth-order valence-electron chi connectivity index (χ4n) is 1.54. The summed E-state index contributed by atoms with van der Waals surface area (Å²) in [5, 5.41) is 15.3. The van der Waals surface area contributed by atoms with Gasteiger partial charge in [0.2, 0.25) is 0 Å². The Morgan fingerprint density at radius 1 is 1.50 bits per heavy atom. The van der Waals surface area contributed by atoms with E-state index >= 15 is 0 Å². The van der Waals surface area contributed by atoms with Crippen molar-refractivity contribution in [3.8, 4) is 0 Å². The van der Waals surface area contributed by atoms with Crippen LogP contribution in [0, 0.1) is 0 Å². The number of nitrogens with zero attached hydrogens (tertiary/aromatic N) is 1. The number of amidine groups is 1. The number of nitrogens with two attached hydrogens (primary N) is 1. The van der Waals surface area contributed by atoms with E-state index in [-0.39, 0.29) is 5.84 Å². The van der Waals surface area contributed by atoms with Crippen molar-refractivity contribution in [2.45, 2.75) is 13.0 Å². The summed E-state index contributed by atoms with van der Waals surface area (Å²) in [6, 6.07) is 5.29. The van der Waals surface area contributed by atoms with Gasteiger partial charge < -0.3 is 21.0 Å². The molecule has 1 rings (SSSR count). The third-order valence-corrected chi connectivity index (χ3v) is 3.01. The van der Waals surface area contributed by atoms with Crippen molar-refractivity contribution in [2.75, 3.05) is 19.8 Å². The van der Waals surface area contributed by atoms with E-state index in [1.165, 1.54) is 0 Å². The molecule has 0 aromatic heterocycles. The van der Waals surface area contributed by atoms with Gasteiger partial charge in [0, 0.05) is 23.7 Å². The molecule has 0 saturated carbocycles. The molecule has 0 fully saturated rings. The number of oxime groups is 1. The van der Waals surface area contributed by atoms with Crippen LogP contribution in [-0.2, 0) is 11.3 Å². The lowest BCUT2D eigenvalue weighted by atomic mass is 10.1. The van der Waals surface area contributed by atoms with E-state index in [9.17, 15) is 0 Å². The zero-order valence-corrected chi connectivity index (χ0v) is 12.1. The Morgan fingerprint density at radius 3 is 2.95 bits per heavy atom. The average molecular weight is 298 g/mol. The molecule has 110 valence electrons. The Kier molecular flexibility index (Phi) is 7.72. The molecule has 1 aromatic carbocycles. The van der Waals surface area contributed by atoms with Gasteiger partial charge in [0.25, 0.3) is 0 Å². The van der Waals surface area contributed by atoms with Crippen molar-refractivity contribution < 1.29 is 9.94 Å². The van der Waals surface area contributed by atoms with Gasteiger partial charge in [0.15, 0.2) is 5.84 Å². The minimum Gasteiger partial charge on any atom is -0.409 e. The molecular weight excluding hydrogens is 278 g/mol. The largest absolute Gasteiger partial charge is 0.409 e. The van der Waals surface area contributed by atoms with Crippen LogP contribution < -0.4 is 11.1 Å². The van der Waals surface area contributed by atoms with Crippen LogP contribution in [0.15, 0.2) is 36.0 Å². The third kappa shape index (κ3) is 5.61. The Labute approximate surface area is 124 Å². The van der Waals surface area contributed by atoms with Gasteiger partial charge in [-0.2, -0.15) is 0 Å². The lowest BCUT2D eigenvalue weighted by Gasteiger charge is -2.08. The SMILES string of the molecule is C=CCCOCCNCc1ccc(/C(N)=N\O)cc1Cl. The third-order valence-electron chi connectivity index (χ3n) is 2.66. The van der Waals surface area contributed by atoms with Crippen LogP contribution in [0.3, 0.4) is 0 Å². The van der Waals surface area contributed by atoms with E-state index in [1.54, 1.807) is 12.1 Å². The molecule has 0 heterocycles. The molecule has 0 aliphatic rings. The van der Waals surface area contributed by atoms with Crippen molar-refractivity contribution in [1.29, 1.82) is 0 Å². The Balaban J connectivity index is 2.36. The van der Waals surface area contributed by atoms with E-state index in [4.69, 9.17) is 27.3 Å². The molecule has 0 aliphatic heterocycles. The summed E-state index contributed by atoms with van der Waals surface area (Å²) in [5.41, 5.74) is 7.04. The van der Waals surface area contributed by atoms with Crippen molar-refractivity contribution >= 4 is 17.4 Å². The van der Waals surface area contributed by atoms with Crippen LogP contribution in [0.2, 0.25) is 5.02 Å². The molecule has 0 unspecified atom stereocenters. The highest BCUT2D eigenvalue weighted by molar-refractivity contribution is 6.31. The molecule has 0 spiro atoms. The number of nitrogens with one attached hydrogen (secondary N) is 1. The fraction of sp³-hybridized carbons (Fsp3) is 0.357. The number of benzene rings is 1. The van der Waals surface area contributed by atoms with Crippen molar-refractivity contribution in [1.82, 2.24) is 5.32 Å². The van der Waals surface area contributed by atoms with E-state index in [2.05, 4.69) is 17.1 Å². The maximum absolute atomic E-state index is 8.60. The molecule has 4 N–H and O–H groups in total. The minimum atomic E-state index is 0.0435. The highest BCUT2D eigenvalue weighted by Crippen LogP contribution is 2.17. The Hall–Kier alpha value is -1.56. The molecule has 0 amide bonds. The smallest absolute Gasteiger partial charge is 0.170 e. The molecular formula is C14H20ClN3O2. The minimum absolute atomic E-state index is 0.0435. The molecule has 0 bridgehead atoms. The molecule has 0 aliphatic carbocycles.